The highest BCUT2D eigenvalue weighted by Crippen LogP contribution is 2.63. The number of hydrogen-bond acceptors (Lipinski definition) is 3. The average Bonchev–Trinajstić information content (AvgIpc) is 3.11. The summed E-state index contributed by atoms with van der Waals surface area (Å²) < 4.78 is 24.8. The zero-order chi connectivity index (χ0) is 14.0. The third-order valence-corrected chi connectivity index (χ3v) is 7.56. The van der Waals surface area contributed by atoms with Gasteiger partial charge in [-0.15, -0.1) is 0 Å². The van der Waals surface area contributed by atoms with Crippen LogP contribution < -0.4 is 0 Å². The summed E-state index contributed by atoms with van der Waals surface area (Å²) in [4.78, 5) is 0.461. The molecule has 0 radical (unpaired) electrons. The summed E-state index contributed by atoms with van der Waals surface area (Å²) in [5, 5.41) is 9.85. The van der Waals surface area contributed by atoms with Crippen molar-refractivity contribution >= 4 is 9.84 Å². The van der Waals surface area contributed by atoms with Gasteiger partial charge in [0.1, 0.15) is 0 Å². The van der Waals surface area contributed by atoms with Crippen LogP contribution in [0.1, 0.15) is 37.2 Å². The van der Waals surface area contributed by atoms with Gasteiger partial charge < -0.3 is 0 Å². The van der Waals surface area contributed by atoms with Crippen LogP contribution in [-0.4, -0.2) is 14.2 Å². The Kier molecular flexibility index (Phi) is 2.39. The van der Waals surface area contributed by atoms with Crippen LogP contribution in [0.4, 0.5) is 0 Å². The molecular weight excluding hydrogens is 270 g/mol. The summed E-state index contributed by atoms with van der Waals surface area (Å²) in [6.45, 7) is 0. The molecule has 0 saturated heterocycles. The fourth-order valence-electron chi connectivity index (χ4n) is 4.89. The summed E-state index contributed by atoms with van der Waals surface area (Å²) in [7, 11) is -3.21. The smallest absolute Gasteiger partial charge is 0.179 e. The van der Waals surface area contributed by atoms with E-state index in [1.165, 1.54) is 6.42 Å². The molecule has 1 aliphatic heterocycles. The fraction of sp³-hybridized carbons (Fsp3) is 0.562. The molecule has 20 heavy (non-hydrogen) atoms. The molecule has 1 aromatic rings. The second kappa shape index (κ2) is 3.85. The molecule has 104 valence electrons. The van der Waals surface area contributed by atoms with E-state index in [1.807, 2.05) is 12.1 Å². The Hall–Kier alpha value is -1.34. The van der Waals surface area contributed by atoms with Crippen LogP contribution in [-0.2, 0) is 9.84 Å². The van der Waals surface area contributed by atoms with Gasteiger partial charge in [0.25, 0.3) is 0 Å². The Morgan fingerprint density at radius 1 is 1.25 bits per heavy atom. The molecule has 3 aliphatic rings. The minimum Gasteiger partial charge on any atom is -0.224 e. The first-order chi connectivity index (χ1) is 9.57. The lowest BCUT2D eigenvalue weighted by Gasteiger charge is -2.36. The van der Waals surface area contributed by atoms with Crippen molar-refractivity contribution < 1.29 is 8.42 Å². The van der Waals surface area contributed by atoms with Crippen molar-refractivity contribution in [3.05, 3.63) is 29.8 Å². The van der Waals surface area contributed by atoms with Crippen molar-refractivity contribution in [2.75, 3.05) is 5.75 Å². The van der Waals surface area contributed by atoms with Crippen LogP contribution in [0, 0.1) is 28.6 Å². The largest absolute Gasteiger partial charge is 0.224 e. The third kappa shape index (κ3) is 1.42. The van der Waals surface area contributed by atoms with E-state index in [0.29, 0.717) is 16.7 Å². The predicted octanol–water partition coefficient (Wildman–Crippen LogP) is 2.89. The average molecular weight is 287 g/mol. The second-order valence-electron chi connectivity index (χ2n) is 6.60. The zero-order valence-electron chi connectivity index (χ0n) is 11.2. The zero-order valence-corrected chi connectivity index (χ0v) is 12.1. The van der Waals surface area contributed by atoms with Gasteiger partial charge in [-0.25, -0.2) is 8.42 Å². The lowest BCUT2D eigenvalue weighted by atomic mass is 9.64. The van der Waals surface area contributed by atoms with E-state index < -0.39 is 15.3 Å². The van der Waals surface area contributed by atoms with Crippen LogP contribution in [0.25, 0.3) is 0 Å². The van der Waals surface area contributed by atoms with Crippen molar-refractivity contribution in [3.8, 4) is 6.07 Å². The first-order valence-corrected chi connectivity index (χ1v) is 8.95. The minimum atomic E-state index is -3.21. The van der Waals surface area contributed by atoms with E-state index in [1.54, 1.807) is 12.1 Å². The van der Waals surface area contributed by atoms with Crippen molar-refractivity contribution in [2.24, 2.45) is 17.3 Å². The number of nitrogens with zero attached hydrogens (tertiary/aromatic N) is 1. The summed E-state index contributed by atoms with van der Waals surface area (Å²) in [6.07, 6.45) is 4.32. The molecule has 3 nitrogen and oxygen atoms in total. The third-order valence-electron chi connectivity index (χ3n) is 5.74. The first-order valence-electron chi connectivity index (χ1n) is 7.30. The van der Waals surface area contributed by atoms with Crippen LogP contribution >= 0.6 is 0 Å². The van der Waals surface area contributed by atoms with E-state index in [4.69, 9.17) is 0 Å². The van der Waals surface area contributed by atoms with Gasteiger partial charge in [0.15, 0.2) is 9.84 Å². The van der Waals surface area contributed by atoms with Crippen molar-refractivity contribution in [3.63, 3.8) is 0 Å². The SMILES string of the molecule is N#CC1(C2CS(=O)(=O)c3ccccc32)CC2CCC1C2. The number of benzene rings is 1. The van der Waals surface area contributed by atoms with Gasteiger partial charge in [0.2, 0.25) is 0 Å². The molecule has 1 aromatic carbocycles. The molecule has 2 bridgehead atoms. The maximum Gasteiger partial charge on any atom is 0.179 e. The van der Waals surface area contributed by atoms with Crippen LogP contribution in [0.2, 0.25) is 0 Å². The van der Waals surface area contributed by atoms with E-state index in [9.17, 15) is 13.7 Å². The van der Waals surface area contributed by atoms with E-state index in [-0.39, 0.29) is 11.7 Å². The lowest BCUT2D eigenvalue weighted by molar-refractivity contribution is 0.203. The molecule has 4 rings (SSSR count). The predicted molar refractivity (Wildman–Crippen MR) is 74.7 cm³/mol. The molecule has 0 aromatic heterocycles. The molecule has 2 aliphatic carbocycles. The summed E-state index contributed by atoms with van der Waals surface area (Å²) >= 11 is 0. The molecule has 4 heteroatoms. The summed E-state index contributed by atoms with van der Waals surface area (Å²) in [6, 6.07) is 9.84. The Labute approximate surface area is 119 Å². The van der Waals surface area contributed by atoms with Crippen molar-refractivity contribution in [2.45, 2.75) is 36.5 Å². The molecule has 2 fully saturated rings. The fourth-order valence-corrected chi connectivity index (χ4v) is 6.84. The molecule has 0 spiro atoms. The molecule has 2 saturated carbocycles. The number of hydrogen-bond donors (Lipinski definition) is 0. The molecule has 0 N–H and O–H groups in total. The standard InChI is InChI=1S/C16H17NO2S/c17-10-16(8-11-5-6-12(16)7-11)14-9-20(18,19)15-4-2-1-3-13(14)15/h1-4,11-12,14H,5-9H2. The number of fused-ring (bicyclic) bond motifs is 3. The van der Waals surface area contributed by atoms with E-state index in [2.05, 4.69) is 6.07 Å². The highest BCUT2D eigenvalue weighted by molar-refractivity contribution is 7.91. The normalized spacial score (nSPS) is 40.5. The Bertz CT molecular complexity index is 718. The van der Waals surface area contributed by atoms with Gasteiger partial charge in [-0.1, -0.05) is 24.6 Å². The number of rotatable bonds is 1. The van der Waals surface area contributed by atoms with Gasteiger partial charge in [0.05, 0.1) is 22.1 Å². The highest BCUT2D eigenvalue weighted by Gasteiger charge is 2.58. The quantitative estimate of drug-likeness (QED) is 0.798. The van der Waals surface area contributed by atoms with Crippen LogP contribution in [0.3, 0.4) is 0 Å². The molecule has 0 amide bonds. The van der Waals surface area contributed by atoms with Gasteiger partial charge in [-0.05, 0) is 42.7 Å². The van der Waals surface area contributed by atoms with E-state index >= 15 is 0 Å². The highest BCUT2D eigenvalue weighted by atomic mass is 32.2. The molecular formula is C16H17NO2S. The van der Waals surface area contributed by atoms with Gasteiger partial charge in [-0.2, -0.15) is 5.26 Å². The minimum absolute atomic E-state index is 0.121. The van der Waals surface area contributed by atoms with E-state index in [0.717, 1.165) is 24.8 Å². The van der Waals surface area contributed by atoms with Crippen LogP contribution in [0.15, 0.2) is 29.2 Å². The Morgan fingerprint density at radius 2 is 2.05 bits per heavy atom. The maximum absolute atomic E-state index is 12.4. The van der Waals surface area contributed by atoms with Gasteiger partial charge >= 0.3 is 0 Å². The number of sulfone groups is 1. The summed E-state index contributed by atoms with van der Waals surface area (Å²) in [5.41, 5.74) is 0.448. The van der Waals surface area contributed by atoms with Gasteiger partial charge in [-0.3, -0.25) is 0 Å². The monoisotopic (exact) mass is 287 g/mol. The summed E-state index contributed by atoms with van der Waals surface area (Å²) in [5.74, 6) is 1.03. The van der Waals surface area contributed by atoms with Crippen molar-refractivity contribution in [1.29, 1.82) is 5.26 Å². The maximum atomic E-state index is 12.4. The molecule has 4 atom stereocenters. The molecule has 4 unspecified atom stereocenters. The molecule has 1 heterocycles. The topological polar surface area (TPSA) is 57.9 Å². The number of nitriles is 1. The lowest BCUT2D eigenvalue weighted by Crippen LogP contribution is -2.34. The Morgan fingerprint density at radius 3 is 2.70 bits per heavy atom. The Balaban J connectivity index is 1.87. The van der Waals surface area contributed by atoms with Crippen molar-refractivity contribution in [1.82, 2.24) is 0 Å². The van der Waals surface area contributed by atoms with Crippen LogP contribution in [0.5, 0.6) is 0 Å². The second-order valence-corrected chi connectivity index (χ2v) is 8.61. The van der Waals surface area contributed by atoms with Gasteiger partial charge in [0, 0.05) is 5.92 Å². The first kappa shape index (κ1) is 12.4.